The van der Waals surface area contributed by atoms with Crippen LogP contribution in [0.4, 0.5) is 5.82 Å². The van der Waals surface area contributed by atoms with E-state index in [0.29, 0.717) is 23.7 Å². The van der Waals surface area contributed by atoms with Crippen LogP contribution in [0.25, 0.3) is 10.8 Å². The van der Waals surface area contributed by atoms with Crippen LogP contribution in [0.2, 0.25) is 0 Å². The zero-order chi connectivity index (χ0) is 19.2. The highest BCUT2D eigenvalue weighted by atomic mass is 16.5. The van der Waals surface area contributed by atoms with E-state index >= 15 is 0 Å². The van der Waals surface area contributed by atoms with Crippen molar-refractivity contribution in [1.82, 2.24) is 10.1 Å². The number of hydrogen-bond acceptors (Lipinski definition) is 4. The van der Waals surface area contributed by atoms with E-state index in [0.717, 1.165) is 23.6 Å². The summed E-state index contributed by atoms with van der Waals surface area (Å²) in [6, 6.07) is 15.1. The summed E-state index contributed by atoms with van der Waals surface area (Å²) in [7, 11) is 0. The summed E-state index contributed by atoms with van der Waals surface area (Å²) >= 11 is 0. The van der Waals surface area contributed by atoms with Crippen LogP contribution in [0.5, 0.6) is 0 Å². The Morgan fingerprint density at radius 2 is 1.89 bits per heavy atom. The summed E-state index contributed by atoms with van der Waals surface area (Å²) in [5.74, 6) is 0.515. The van der Waals surface area contributed by atoms with Gasteiger partial charge in [0, 0.05) is 18.2 Å². The quantitative estimate of drug-likeness (QED) is 0.686. The summed E-state index contributed by atoms with van der Waals surface area (Å²) < 4.78 is 4.95. The van der Waals surface area contributed by atoms with E-state index in [1.54, 1.807) is 17.9 Å². The molecule has 0 spiro atoms. The Hall–Kier alpha value is -3.15. The predicted molar refractivity (Wildman–Crippen MR) is 105 cm³/mol. The number of aromatic nitrogens is 1. The average molecular weight is 365 g/mol. The summed E-state index contributed by atoms with van der Waals surface area (Å²) in [6.45, 7) is 4.29. The largest absolute Gasteiger partial charge is 0.360 e. The van der Waals surface area contributed by atoms with E-state index in [1.165, 1.54) is 0 Å². The van der Waals surface area contributed by atoms with Gasteiger partial charge >= 0.3 is 0 Å². The zero-order valence-corrected chi connectivity index (χ0v) is 15.6. The molecule has 2 amide bonds. The molecule has 0 atom stereocenters. The molecule has 140 valence electrons. The molecule has 6 nitrogen and oxygen atoms in total. The first kappa shape index (κ1) is 18.6. The molecular formula is C21H23N3O3. The highest BCUT2D eigenvalue weighted by molar-refractivity contribution is 6.01. The number of anilines is 1. The van der Waals surface area contributed by atoms with Gasteiger partial charge in [0.25, 0.3) is 5.91 Å². The van der Waals surface area contributed by atoms with Crippen LogP contribution in [-0.2, 0) is 4.79 Å². The first-order chi connectivity index (χ1) is 13.1. The van der Waals surface area contributed by atoms with Crippen LogP contribution >= 0.6 is 0 Å². The summed E-state index contributed by atoms with van der Waals surface area (Å²) in [6.07, 6.45) is 1.77. The number of carbonyl (C=O) groups is 2. The van der Waals surface area contributed by atoms with E-state index in [9.17, 15) is 9.59 Å². The van der Waals surface area contributed by atoms with Gasteiger partial charge in [0.1, 0.15) is 12.3 Å². The van der Waals surface area contributed by atoms with Gasteiger partial charge in [-0.05, 0) is 36.2 Å². The van der Waals surface area contributed by atoms with Crippen molar-refractivity contribution in [1.29, 1.82) is 0 Å². The van der Waals surface area contributed by atoms with Crippen molar-refractivity contribution in [3.63, 3.8) is 0 Å². The smallest absolute Gasteiger partial charge is 0.254 e. The molecule has 0 unspecified atom stereocenters. The topological polar surface area (TPSA) is 75.4 Å². The lowest BCUT2D eigenvalue weighted by Gasteiger charge is -2.22. The van der Waals surface area contributed by atoms with E-state index in [2.05, 4.69) is 17.4 Å². The molecule has 0 bridgehead atoms. The number of benzene rings is 2. The van der Waals surface area contributed by atoms with Crippen LogP contribution < -0.4 is 5.32 Å². The maximum absolute atomic E-state index is 13.0. The molecule has 0 fully saturated rings. The van der Waals surface area contributed by atoms with Gasteiger partial charge in [-0.1, -0.05) is 48.8 Å². The molecule has 0 aliphatic heterocycles. The van der Waals surface area contributed by atoms with E-state index in [1.807, 2.05) is 42.5 Å². The Kier molecular flexibility index (Phi) is 5.86. The zero-order valence-electron chi connectivity index (χ0n) is 15.6. The maximum atomic E-state index is 13.0. The van der Waals surface area contributed by atoms with Gasteiger partial charge in [0.05, 0.1) is 0 Å². The third-order valence-electron chi connectivity index (χ3n) is 4.30. The van der Waals surface area contributed by atoms with Gasteiger partial charge in [-0.2, -0.15) is 0 Å². The van der Waals surface area contributed by atoms with Gasteiger partial charge in [-0.15, -0.1) is 0 Å². The van der Waals surface area contributed by atoms with Crippen molar-refractivity contribution in [2.45, 2.75) is 26.7 Å². The molecule has 0 saturated heterocycles. The molecule has 27 heavy (non-hydrogen) atoms. The predicted octanol–water partition coefficient (Wildman–Crippen LogP) is 4.02. The second-order valence-corrected chi connectivity index (χ2v) is 6.51. The van der Waals surface area contributed by atoms with Gasteiger partial charge in [0.2, 0.25) is 5.91 Å². The molecule has 0 saturated carbocycles. The molecule has 1 N–H and O–H groups in total. The Labute approximate surface area is 158 Å². The van der Waals surface area contributed by atoms with Crippen molar-refractivity contribution in [2.24, 2.45) is 0 Å². The fourth-order valence-electron chi connectivity index (χ4n) is 2.89. The molecule has 0 aliphatic rings. The molecule has 0 aliphatic carbocycles. The van der Waals surface area contributed by atoms with Gasteiger partial charge in [0.15, 0.2) is 5.82 Å². The minimum absolute atomic E-state index is 0.0302. The van der Waals surface area contributed by atoms with Crippen LogP contribution in [-0.4, -0.2) is 35.0 Å². The van der Waals surface area contributed by atoms with E-state index in [4.69, 9.17) is 4.52 Å². The third kappa shape index (κ3) is 4.73. The maximum Gasteiger partial charge on any atom is 0.254 e. The first-order valence-electron chi connectivity index (χ1n) is 9.08. The van der Waals surface area contributed by atoms with Crippen molar-refractivity contribution in [3.05, 3.63) is 59.9 Å². The highest BCUT2D eigenvalue weighted by Crippen LogP contribution is 2.17. The Morgan fingerprint density at radius 1 is 1.11 bits per heavy atom. The number of nitrogens with zero attached hydrogens (tertiary/aromatic N) is 2. The number of aryl methyl sites for hydroxylation is 1. The number of fused-ring (bicyclic) bond motifs is 1. The number of nitrogens with one attached hydrogen (secondary N) is 1. The fraction of sp³-hybridized carbons (Fsp3) is 0.286. The molecule has 3 rings (SSSR count). The van der Waals surface area contributed by atoms with Crippen LogP contribution in [0.1, 0.15) is 35.9 Å². The molecule has 2 aromatic carbocycles. The van der Waals surface area contributed by atoms with E-state index < -0.39 is 0 Å². The fourth-order valence-corrected chi connectivity index (χ4v) is 2.89. The normalized spacial score (nSPS) is 10.7. The lowest BCUT2D eigenvalue weighted by Crippen LogP contribution is -2.38. The molecular weight excluding hydrogens is 342 g/mol. The van der Waals surface area contributed by atoms with Crippen LogP contribution in [0, 0.1) is 6.92 Å². The Morgan fingerprint density at radius 3 is 2.59 bits per heavy atom. The minimum Gasteiger partial charge on any atom is -0.360 e. The summed E-state index contributed by atoms with van der Waals surface area (Å²) in [4.78, 5) is 26.9. The average Bonchev–Trinajstić information content (AvgIpc) is 3.08. The van der Waals surface area contributed by atoms with Crippen molar-refractivity contribution < 1.29 is 14.1 Å². The second kappa shape index (κ2) is 8.49. The highest BCUT2D eigenvalue weighted by Gasteiger charge is 2.19. The Balaban J connectivity index is 1.75. The third-order valence-corrected chi connectivity index (χ3v) is 4.30. The van der Waals surface area contributed by atoms with Crippen molar-refractivity contribution >= 4 is 28.4 Å². The first-order valence-corrected chi connectivity index (χ1v) is 9.08. The van der Waals surface area contributed by atoms with Crippen LogP contribution in [0.3, 0.4) is 0 Å². The monoisotopic (exact) mass is 365 g/mol. The summed E-state index contributed by atoms with van der Waals surface area (Å²) in [5.41, 5.74) is 0.579. The van der Waals surface area contributed by atoms with Gasteiger partial charge < -0.3 is 14.7 Å². The molecule has 0 radical (unpaired) electrons. The summed E-state index contributed by atoms with van der Waals surface area (Å²) in [5, 5.41) is 8.50. The van der Waals surface area contributed by atoms with E-state index in [-0.39, 0.29) is 18.4 Å². The van der Waals surface area contributed by atoms with Crippen molar-refractivity contribution in [2.75, 3.05) is 18.4 Å². The number of unbranched alkanes of at least 4 members (excludes halogenated alkanes) is 1. The second-order valence-electron chi connectivity index (χ2n) is 6.51. The van der Waals surface area contributed by atoms with Gasteiger partial charge in [-0.25, -0.2) is 0 Å². The Bertz CT molecular complexity index is 949. The standard InChI is InChI=1S/C21H23N3O3/c1-3-4-11-24(14-20(25)22-19-12-15(2)27-23-19)21(26)18-10-9-16-7-5-6-8-17(16)13-18/h5-10,12-13H,3-4,11,14H2,1-2H3,(H,22,23,25). The minimum atomic E-state index is -0.298. The molecule has 1 heterocycles. The molecule has 3 aromatic rings. The van der Waals surface area contributed by atoms with Gasteiger partial charge in [-0.3, -0.25) is 9.59 Å². The van der Waals surface area contributed by atoms with Crippen LogP contribution in [0.15, 0.2) is 53.1 Å². The lowest BCUT2D eigenvalue weighted by molar-refractivity contribution is -0.117. The number of carbonyl (C=O) groups excluding carboxylic acids is 2. The molecule has 1 aromatic heterocycles. The lowest BCUT2D eigenvalue weighted by atomic mass is 10.1. The number of amides is 2. The SMILES string of the molecule is CCCCN(CC(=O)Nc1cc(C)on1)C(=O)c1ccc2ccccc2c1. The number of rotatable bonds is 7. The van der Waals surface area contributed by atoms with Crippen molar-refractivity contribution in [3.8, 4) is 0 Å². The number of hydrogen-bond donors (Lipinski definition) is 1. The molecule has 6 heteroatoms.